The fraction of sp³-hybridized carbons (Fsp3) is 0.647. The summed E-state index contributed by atoms with van der Waals surface area (Å²) in [5.74, 6) is 1.50. The molecule has 0 aliphatic carbocycles. The fourth-order valence-electron chi connectivity index (χ4n) is 2.55. The number of aryl methyl sites for hydroxylation is 1. The molecule has 0 saturated heterocycles. The van der Waals surface area contributed by atoms with Gasteiger partial charge in [-0.25, -0.2) is 0 Å². The number of benzene rings is 1. The van der Waals surface area contributed by atoms with E-state index in [1.165, 1.54) is 16.7 Å². The molecule has 1 unspecified atom stereocenters. The molecule has 0 radical (unpaired) electrons. The van der Waals surface area contributed by atoms with Crippen LogP contribution in [0.3, 0.4) is 0 Å². The van der Waals surface area contributed by atoms with E-state index in [1.54, 1.807) is 7.11 Å². The van der Waals surface area contributed by atoms with Gasteiger partial charge in [0.05, 0.1) is 7.11 Å². The summed E-state index contributed by atoms with van der Waals surface area (Å²) < 4.78 is 5.50. The Morgan fingerprint density at radius 1 is 1.11 bits per heavy atom. The molecule has 0 heterocycles. The van der Waals surface area contributed by atoms with Gasteiger partial charge in [-0.05, 0) is 48.9 Å². The Balaban J connectivity index is 2.98. The minimum atomic E-state index is 0.489. The molecule has 19 heavy (non-hydrogen) atoms. The van der Waals surface area contributed by atoms with Crippen molar-refractivity contribution in [2.75, 3.05) is 7.11 Å². The zero-order valence-corrected chi connectivity index (χ0v) is 13.5. The number of rotatable bonds is 6. The van der Waals surface area contributed by atoms with Crippen LogP contribution >= 0.6 is 0 Å². The van der Waals surface area contributed by atoms with Crippen molar-refractivity contribution in [1.29, 1.82) is 0 Å². The molecule has 1 rings (SSSR count). The minimum absolute atomic E-state index is 0.489. The van der Waals surface area contributed by atoms with Gasteiger partial charge in [0.25, 0.3) is 0 Å². The molecule has 0 aromatic heterocycles. The van der Waals surface area contributed by atoms with E-state index in [-0.39, 0.29) is 0 Å². The van der Waals surface area contributed by atoms with Crippen LogP contribution in [0.4, 0.5) is 0 Å². The lowest BCUT2D eigenvalue weighted by Gasteiger charge is -2.20. The number of methoxy groups -OCH3 is 1. The SMILES string of the molecule is COc1cc(C)c(CC(C)NC(C)C)cc1C(C)C. The Morgan fingerprint density at radius 2 is 1.74 bits per heavy atom. The van der Waals surface area contributed by atoms with Crippen LogP contribution in [0.5, 0.6) is 5.75 Å². The molecule has 0 saturated carbocycles. The highest BCUT2D eigenvalue weighted by molar-refractivity contribution is 5.44. The van der Waals surface area contributed by atoms with Gasteiger partial charge in [-0.1, -0.05) is 33.8 Å². The smallest absolute Gasteiger partial charge is 0.122 e. The summed E-state index contributed by atoms with van der Waals surface area (Å²) in [5.41, 5.74) is 4.05. The lowest BCUT2D eigenvalue weighted by Crippen LogP contribution is -2.34. The van der Waals surface area contributed by atoms with Crippen molar-refractivity contribution >= 4 is 0 Å². The average Bonchev–Trinajstić information content (AvgIpc) is 2.29. The number of hydrogen-bond donors (Lipinski definition) is 1. The van der Waals surface area contributed by atoms with Gasteiger partial charge in [0, 0.05) is 12.1 Å². The molecule has 0 spiro atoms. The highest BCUT2D eigenvalue weighted by Gasteiger charge is 2.13. The number of hydrogen-bond acceptors (Lipinski definition) is 2. The van der Waals surface area contributed by atoms with Crippen LogP contribution in [0.1, 0.15) is 57.2 Å². The van der Waals surface area contributed by atoms with Gasteiger partial charge in [-0.3, -0.25) is 0 Å². The molecule has 1 aromatic rings. The molecule has 0 amide bonds. The zero-order valence-electron chi connectivity index (χ0n) is 13.5. The average molecular weight is 263 g/mol. The summed E-state index contributed by atoms with van der Waals surface area (Å²) in [7, 11) is 1.75. The second-order valence-corrected chi connectivity index (χ2v) is 6.10. The van der Waals surface area contributed by atoms with E-state index in [0.717, 1.165) is 12.2 Å². The van der Waals surface area contributed by atoms with Crippen molar-refractivity contribution in [2.24, 2.45) is 0 Å². The van der Waals surface area contributed by atoms with Crippen LogP contribution in [-0.2, 0) is 6.42 Å². The van der Waals surface area contributed by atoms with Crippen LogP contribution < -0.4 is 10.1 Å². The topological polar surface area (TPSA) is 21.3 Å². The third-order valence-corrected chi connectivity index (χ3v) is 3.45. The Hall–Kier alpha value is -1.02. The molecule has 0 bridgehead atoms. The molecule has 0 aliphatic heterocycles. The quantitative estimate of drug-likeness (QED) is 0.836. The number of ether oxygens (including phenoxy) is 1. The molecular formula is C17H29NO. The van der Waals surface area contributed by atoms with Crippen molar-refractivity contribution in [3.8, 4) is 5.75 Å². The van der Waals surface area contributed by atoms with Gasteiger partial charge in [0.2, 0.25) is 0 Å². The predicted molar refractivity (Wildman–Crippen MR) is 83.3 cm³/mol. The number of nitrogens with one attached hydrogen (secondary N) is 1. The van der Waals surface area contributed by atoms with E-state index in [2.05, 4.69) is 59.0 Å². The second-order valence-electron chi connectivity index (χ2n) is 6.10. The van der Waals surface area contributed by atoms with Gasteiger partial charge in [0.15, 0.2) is 0 Å². The van der Waals surface area contributed by atoms with Gasteiger partial charge >= 0.3 is 0 Å². The molecule has 108 valence electrons. The zero-order chi connectivity index (χ0) is 14.6. The molecule has 1 atom stereocenters. The fourth-order valence-corrected chi connectivity index (χ4v) is 2.55. The molecule has 2 nitrogen and oxygen atoms in total. The highest BCUT2D eigenvalue weighted by Crippen LogP contribution is 2.30. The molecule has 1 aromatic carbocycles. The largest absolute Gasteiger partial charge is 0.496 e. The predicted octanol–water partition coefficient (Wildman–Crippen LogP) is 4.06. The Morgan fingerprint density at radius 3 is 2.21 bits per heavy atom. The molecule has 0 fully saturated rings. The van der Waals surface area contributed by atoms with Crippen molar-refractivity contribution in [1.82, 2.24) is 5.32 Å². The van der Waals surface area contributed by atoms with Crippen LogP contribution in [-0.4, -0.2) is 19.2 Å². The van der Waals surface area contributed by atoms with Gasteiger partial charge < -0.3 is 10.1 Å². The Bertz CT molecular complexity index is 410. The van der Waals surface area contributed by atoms with E-state index < -0.39 is 0 Å². The lowest BCUT2D eigenvalue weighted by atomic mass is 9.93. The first kappa shape index (κ1) is 16.0. The molecule has 0 aliphatic rings. The van der Waals surface area contributed by atoms with Gasteiger partial charge in [0.1, 0.15) is 5.75 Å². The third-order valence-electron chi connectivity index (χ3n) is 3.45. The maximum atomic E-state index is 5.50. The highest BCUT2D eigenvalue weighted by atomic mass is 16.5. The molecule has 1 N–H and O–H groups in total. The summed E-state index contributed by atoms with van der Waals surface area (Å²) in [6, 6.07) is 5.51. The first-order valence-corrected chi connectivity index (χ1v) is 7.28. The van der Waals surface area contributed by atoms with Gasteiger partial charge in [-0.2, -0.15) is 0 Å². The second kappa shape index (κ2) is 6.95. The lowest BCUT2D eigenvalue weighted by molar-refractivity contribution is 0.406. The summed E-state index contributed by atoms with van der Waals surface area (Å²) in [4.78, 5) is 0. The molecular weight excluding hydrogens is 234 g/mol. The third kappa shape index (κ3) is 4.54. The summed E-state index contributed by atoms with van der Waals surface area (Å²) >= 11 is 0. The Kier molecular flexibility index (Phi) is 5.86. The first-order valence-electron chi connectivity index (χ1n) is 7.28. The van der Waals surface area contributed by atoms with Crippen molar-refractivity contribution < 1.29 is 4.74 Å². The summed E-state index contributed by atoms with van der Waals surface area (Å²) in [6.07, 6.45) is 1.06. The van der Waals surface area contributed by atoms with Crippen LogP contribution in [0.2, 0.25) is 0 Å². The van der Waals surface area contributed by atoms with E-state index in [1.807, 2.05) is 0 Å². The van der Waals surface area contributed by atoms with Crippen molar-refractivity contribution in [2.45, 2.75) is 66.0 Å². The minimum Gasteiger partial charge on any atom is -0.496 e. The van der Waals surface area contributed by atoms with Crippen molar-refractivity contribution in [3.63, 3.8) is 0 Å². The maximum Gasteiger partial charge on any atom is 0.122 e. The Labute approximate surface area is 118 Å². The summed E-state index contributed by atoms with van der Waals surface area (Å²) in [6.45, 7) is 13.2. The normalized spacial score (nSPS) is 13.1. The van der Waals surface area contributed by atoms with E-state index in [4.69, 9.17) is 4.74 Å². The van der Waals surface area contributed by atoms with Crippen LogP contribution in [0.25, 0.3) is 0 Å². The monoisotopic (exact) mass is 263 g/mol. The summed E-state index contributed by atoms with van der Waals surface area (Å²) in [5, 5.41) is 3.56. The van der Waals surface area contributed by atoms with Crippen molar-refractivity contribution in [3.05, 3.63) is 28.8 Å². The maximum absolute atomic E-state index is 5.50. The molecule has 2 heteroatoms. The van der Waals surface area contributed by atoms with Crippen LogP contribution in [0.15, 0.2) is 12.1 Å². The first-order chi connectivity index (χ1) is 8.85. The van der Waals surface area contributed by atoms with E-state index >= 15 is 0 Å². The van der Waals surface area contributed by atoms with Gasteiger partial charge in [-0.15, -0.1) is 0 Å². The van der Waals surface area contributed by atoms with E-state index in [0.29, 0.717) is 18.0 Å². The van der Waals surface area contributed by atoms with Crippen LogP contribution in [0, 0.1) is 6.92 Å². The van der Waals surface area contributed by atoms with E-state index in [9.17, 15) is 0 Å². The standard InChI is InChI=1S/C17H29NO/c1-11(2)16-10-15(9-14(6)18-12(3)4)13(5)8-17(16)19-7/h8,10-12,14,18H,9H2,1-7H3.